The number of hydrogen-bond donors (Lipinski definition) is 1. The van der Waals surface area contributed by atoms with E-state index in [0.29, 0.717) is 18.1 Å². The van der Waals surface area contributed by atoms with Gasteiger partial charge in [0.15, 0.2) is 0 Å². The summed E-state index contributed by atoms with van der Waals surface area (Å²) in [7, 11) is 0. The maximum atomic E-state index is 6.21. The van der Waals surface area contributed by atoms with Crippen LogP contribution in [-0.2, 0) is 0 Å². The number of anilines is 1. The van der Waals surface area contributed by atoms with Crippen LogP contribution in [0, 0.1) is 0 Å². The van der Waals surface area contributed by atoms with Gasteiger partial charge in [-0.15, -0.1) is 0 Å². The Balaban J connectivity index is 1.74. The Hall–Kier alpha value is -1.61. The molecule has 3 heteroatoms. The predicted molar refractivity (Wildman–Crippen MR) is 82.9 cm³/mol. The monoisotopic (exact) mass is 267 g/mol. The van der Waals surface area contributed by atoms with E-state index in [1.54, 1.807) is 0 Å². The molecule has 2 N–H and O–H groups in total. The van der Waals surface area contributed by atoms with Crippen LogP contribution in [0.4, 0.5) is 5.69 Å². The van der Waals surface area contributed by atoms with Crippen molar-refractivity contribution in [1.29, 1.82) is 0 Å². The number of pyridine rings is 1. The van der Waals surface area contributed by atoms with Gasteiger partial charge in [-0.2, -0.15) is 0 Å². The number of nitrogens with zero attached hydrogens (tertiary/aromatic N) is 2. The standard InChI is InChI=1S/C17H21N3/c18-13-9-14-5-3-6-15(10-13)20(14)16-8-12-4-1-2-7-17(12)19-11-16/h1-2,4,7-8,11,13-15H,3,5-6,9-10,18H2. The number of rotatable bonds is 1. The predicted octanol–water partition coefficient (Wildman–Crippen LogP) is 3.08. The van der Waals surface area contributed by atoms with Crippen molar-refractivity contribution in [3.8, 4) is 0 Å². The zero-order valence-electron chi connectivity index (χ0n) is 11.7. The molecule has 3 heterocycles. The summed E-state index contributed by atoms with van der Waals surface area (Å²) in [6, 6.07) is 12.3. The van der Waals surface area contributed by atoms with E-state index < -0.39 is 0 Å². The highest BCUT2D eigenvalue weighted by atomic mass is 15.2. The van der Waals surface area contributed by atoms with Gasteiger partial charge in [-0.3, -0.25) is 4.98 Å². The minimum absolute atomic E-state index is 0.384. The highest BCUT2D eigenvalue weighted by Crippen LogP contribution is 2.37. The number of aromatic nitrogens is 1. The second-order valence-corrected chi connectivity index (χ2v) is 6.26. The molecule has 0 spiro atoms. The van der Waals surface area contributed by atoms with Crippen LogP contribution in [0.15, 0.2) is 36.5 Å². The van der Waals surface area contributed by atoms with Crippen molar-refractivity contribution in [2.75, 3.05) is 4.90 Å². The van der Waals surface area contributed by atoms with Gasteiger partial charge in [0.25, 0.3) is 0 Å². The average molecular weight is 267 g/mol. The summed E-state index contributed by atoms with van der Waals surface area (Å²) in [6.07, 6.45) is 8.20. The minimum atomic E-state index is 0.384. The zero-order valence-corrected chi connectivity index (χ0v) is 11.7. The molecule has 2 aliphatic heterocycles. The number of hydrogen-bond acceptors (Lipinski definition) is 3. The van der Waals surface area contributed by atoms with E-state index >= 15 is 0 Å². The Morgan fingerprint density at radius 1 is 1.10 bits per heavy atom. The number of piperidine rings is 2. The summed E-state index contributed by atoms with van der Waals surface area (Å²) in [5.41, 5.74) is 8.58. The van der Waals surface area contributed by atoms with E-state index in [-0.39, 0.29) is 0 Å². The van der Waals surface area contributed by atoms with Gasteiger partial charge in [0.05, 0.1) is 17.4 Å². The molecule has 104 valence electrons. The van der Waals surface area contributed by atoms with Crippen molar-refractivity contribution in [1.82, 2.24) is 4.98 Å². The smallest absolute Gasteiger partial charge is 0.0703 e. The lowest BCUT2D eigenvalue weighted by molar-refractivity contribution is 0.271. The molecule has 2 aliphatic rings. The molecule has 20 heavy (non-hydrogen) atoms. The fourth-order valence-electron chi connectivity index (χ4n) is 4.05. The quantitative estimate of drug-likeness (QED) is 0.863. The first-order chi connectivity index (χ1) is 9.81. The lowest BCUT2D eigenvalue weighted by atomic mass is 9.82. The van der Waals surface area contributed by atoms with Crippen LogP contribution in [0.5, 0.6) is 0 Å². The highest BCUT2D eigenvalue weighted by molar-refractivity contribution is 5.81. The molecule has 2 aromatic rings. The lowest BCUT2D eigenvalue weighted by Crippen LogP contribution is -2.55. The summed E-state index contributed by atoms with van der Waals surface area (Å²) in [4.78, 5) is 7.23. The van der Waals surface area contributed by atoms with Crippen LogP contribution >= 0.6 is 0 Å². The van der Waals surface area contributed by atoms with Crippen molar-refractivity contribution in [3.05, 3.63) is 36.5 Å². The van der Waals surface area contributed by atoms with Gasteiger partial charge in [0, 0.05) is 23.5 Å². The topological polar surface area (TPSA) is 42.1 Å². The molecule has 0 amide bonds. The molecule has 2 saturated heterocycles. The molecule has 2 bridgehead atoms. The average Bonchev–Trinajstić information content (AvgIpc) is 2.46. The van der Waals surface area contributed by atoms with Crippen molar-refractivity contribution in [2.24, 2.45) is 5.73 Å². The normalized spacial score (nSPS) is 29.6. The molecule has 1 aromatic carbocycles. The van der Waals surface area contributed by atoms with Gasteiger partial charge in [0.2, 0.25) is 0 Å². The molecule has 2 fully saturated rings. The third-order valence-corrected chi connectivity index (χ3v) is 4.89. The van der Waals surface area contributed by atoms with Gasteiger partial charge < -0.3 is 10.6 Å². The Kier molecular flexibility index (Phi) is 2.88. The van der Waals surface area contributed by atoms with Crippen molar-refractivity contribution < 1.29 is 0 Å². The van der Waals surface area contributed by atoms with Gasteiger partial charge in [0.1, 0.15) is 0 Å². The number of benzene rings is 1. The highest BCUT2D eigenvalue weighted by Gasteiger charge is 2.37. The first kappa shape index (κ1) is 12.2. The molecule has 2 atom stereocenters. The number of para-hydroxylation sites is 1. The summed E-state index contributed by atoms with van der Waals surface area (Å²) in [5.74, 6) is 0. The lowest BCUT2D eigenvalue weighted by Gasteiger charge is -2.49. The number of nitrogens with two attached hydrogens (primary N) is 1. The second-order valence-electron chi connectivity index (χ2n) is 6.26. The Morgan fingerprint density at radius 2 is 1.85 bits per heavy atom. The van der Waals surface area contributed by atoms with Crippen LogP contribution < -0.4 is 10.6 Å². The molecule has 0 saturated carbocycles. The first-order valence-corrected chi connectivity index (χ1v) is 7.70. The van der Waals surface area contributed by atoms with Crippen LogP contribution in [0.2, 0.25) is 0 Å². The maximum Gasteiger partial charge on any atom is 0.0703 e. The zero-order chi connectivity index (χ0) is 13.5. The fraction of sp³-hybridized carbons (Fsp3) is 0.471. The van der Waals surface area contributed by atoms with Crippen LogP contribution in [0.1, 0.15) is 32.1 Å². The van der Waals surface area contributed by atoms with Crippen LogP contribution in [0.3, 0.4) is 0 Å². The maximum absolute atomic E-state index is 6.21. The molecule has 0 aliphatic carbocycles. The minimum Gasteiger partial charge on any atom is -0.364 e. The summed E-state index contributed by atoms with van der Waals surface area (Å²) in [5, 5.41) is 1.23. The molecular formula is C17H21N3. The van der Waals surface area contributed by atoms with E-state index in [0.717, 1.165) is 18.4 Å². The van der Waals surface area contributed by atoms with E-state index in [1.165, 1.54) is 30.3 Å². The molecule has 1 aromatic heterocycles. The van der Waals surface area contributed by atoms with E-state index in [4.69, 9.17) is 5.73 Å². The third-order valence-electron chi connectivity index (χ3n) is 4.89. The van der Waals surface area contributed by atoms with Gasteiger partial charge in [-0.1, -0.05) is 18.2 Å². The van der Waals surface area contributed by atoms with E-state index in [1.807, 2.05) is 12.3 Å². The van der Waals surface area contributed by atoms with Crippen LogP contribution in [-0.4, -0.2) is 23.1 Å². The molecule has 2 unspecified atom stereocenters. The Bertz CT molecular complexity index is 610. The Morgan fingerprint density at radius 3 is 2.65 bits per heavy atom. The van der Waals surface area contributed by atoms with Crippen molar-refractivity contribution in [3.63, 3.8) is 0 Å². The Labute approximate surface area is 119 Å². The SMILES string of the molecule is NC1CC2CCCC(C1)N2c1cnc2ccccc2c1. The van der Waals surface area contributed by atoms with Gasteiger partial charge in [-0.25, -0.2) is 0 Å². The van der Waals surface area contributed by atoms with Gasteiger partial charge >= 0.3 is 0 Å². The molecule has 0 radical (unpaired) electrons. The molecule has 4 rings (SSSR count). The first-order valence-electron chi connectivity index (χ1n) is 7.70. The summed E-state index contributed by atoms with van der Waals surface area (Å²) in [6.45, 7) is 0. The fourth-order valence-corrected chi connectivity index (χ4v) is 4.05. The largest absolute Gasteiger partial charge is 0.364 e. The number of fused-ring (bicyclic) bond motifs is 3. The third kappa shape index (κ3) is 1.97. The van der Waals surface area contributed by atoms with Crippen molar-refractivity contribution in [2.45, 2.75) is 50.2 Å². The molecular weight excluding hydrogens is 246 g/mol. The summed E-state index contributed by atoms with van der Waals surface area (Å²) < 4.78 is 0. The van der Waals surface area contributed by atoms with E-state index in [2.05, 4.69) is 34.1 Å². The van der Waals surface area contributed by atoms with Gasteiger partial charge in [-0.05, 0) is 44.2 Å². The second kappa shape index (κ2) is 4.74. The van der Waals surface area contributed by atoms with Crippen molar-refractivity contribution >= 4 is 16.6 Å². The summed E-state index contributed by atoms with van der Waals surface area (Å²) >= 11 is 0. The van der Waals surface area contributed by atoms with Crippen LogP contribution in [0.25, 0.3) is 10.9 Å². The molecule has 3 nitrogen and oxygen atoms in total. The van der Waals surface area contributed by atoms with E-state index in [9.17, 15) is 0 Å².